The number of ether oxygens (including phenoxy) is 18. The van der Waals surface area contributed by atoms with Crippen LogP contribution in [-0.4, -0.2) is 329 Å². The van der Waals surface area contributed by atoms with Gasteiger partial charge < -0.3 is 142 Å². The van der Waals surface area contributed by atoms with Gasteiger partial charge in [0.25, 0.3) is 11.8 Å². The van der Waals surface area contributed by atoms with Gasteiger partial charge in [-0.25, -0.2) is 10.7 Å². The van der Waals surface area contributed by atoms with Crippen molar-refractivity contribution in [1.82, 2.24) is 16.0 Å². The summed E-state index contributed by atoms with van der Waals surface area (Å²) < 4.78 is 98.1. The van der Waals surface area contributed by atoms with E-state index in [0.29, 0.717) is 76.8 Å². The quantitative estimate of drug-likeness (QED) is 0.0180. The van der Waals surface area contributed by atoms with Crippen LogP contribution in [0, 0.1) is 0 Å². The van der Waals surface area contributed by atoms with E-state index in [0.717, 1.165) is 0 Å². The zero-order chi connectivity index (χ0) is 77.1. The molecule has 0 aromatic heterocycles. The first kappa shape index (κ1) is 91.7. The van der Waals surface area contributed by atoms with Crippen LogP contribution in [0.1, 0.15) is 84.2 Å². The summed E-state index contributed by atoms with van der Waals surface area (Å²) in [6, 6.07) is 7.65. The molecule has 106 heavy (non-hydrogen) atoms. The number of carbonyl (C=O) groups is 8. The molecule has 602 valence electrons. The number of hydrogen-bond acceptors (Lipinski definition) is 34. The van der Waals surface area contributed by atoms with Gasteiger partial charge in [0, 0.05) is 59.4 Å². The molecular weight excluding hydrogens is 1420 g/mol. The fourth-order valence-electron chi connectivity index (χ4n) is 9.54. The highest BCUT2D eigenvalue weighted by Gasteiger charge is 2.48. The molecule has 0 spiro atoms. The summed E-state index contributed by atoms with van der Waals surface area (Å²) in [5.74, 6) is 0.0160. The molecule has 2 aliphatic rings. The van der Waals surface area contributed by atoms with Gasteiger partial charge in [0.15, 0.2) is 11.9 Å². The van der Waals surface area contributed by atoms with Crippen molar-refractivity contribution < 1.29 is 164 Å². The van der Waals surface area contributed by atoms with Crippen LogP contribution in [0.2, 0.25) is 0 Å². The molecule has 38 heteroatoms. The monoisotopic (exact) mass is 1520 g/mol. The van der Waals surface area contributed by atoms with E-state index >= 15 is 0 Å². The fraction of sp³-hybridized carbons (Fsp3) is 0.706. The maximum absolute atomic E-state index is 13.3. The van der Waals surface area contributed by atoms with Gasteiger partial charge in [0.1, 0.15) is 73.7 Å². The Bertz CT molecular complexity index is 2850. The van der Waals surface area contributed by atoms with Crippen LogP contribution in [0.4, 0.5) is 0 Å². The van der Waals surface area contributed by atoms with E-state index < -0.39 is 97.0 Å². The molecule has 0 aliphatic carbocycles. The maximum Gasteiger partial charge on any atom is 0.335 e. The molecule has 4 rings (SSSR count). The SMILES string of the molecule is CC(=O)OCc1ccc(O[C@@H]2O[C@H](C(=O)O)[C@@H](O)[C@H](O)[C@H]2O)c(C(=O)NCCOCCOCCOCCOCCOCCCC(=O)CC[C@@H](NC(=O)COCCOCCON)C(=O)CCCOCCOCCOCCOCCOCCNC(=O)c2cc(COC(C)=O)ccc2O[C@@H]2OC[C@@H](O)[C@H](O)[C@H]2O)c1. The Morgan fingerprint density at radius 2 is 0.887 bits per heavy atom. The van der Waals surface area contributed by atoms with Crippen LogP contribution in [0.3, 0.4) is 0 Å². The molecule has 2 aliphatic heterocycles. The number of nitrogens with one attached hydrogen (secondary N) is 3. The summed E-state index contributed by atoms with van der Waals surface area (Å²) in [5, 5.41) is 78.3. The molecule has 2 saturated heterocycles. The summed E-state index contributed by atoms with van der Waals surface area (Å²) in [6.07, 6.45) is -14.1. The third-order valence-corrected chi connectivity index (χ3v) is 15.1. The Balaban J connectivity index is 0.977. The molecule has 10 atom stereocenters. The van der Waals surface area contributed by atoms with Gasteiger partial charge in [0.05, 0.1) is 169 Å². The second kappa shape index (κ2) is 55.7. The minimum absolute atomic E-state index is 0.0168. The molecule has 2 aromatic carbocycles. The molecular formula is C68H106N4O34. The third kappa shape index (κ3) is 38.9. The normalized spacial score (nSPS) is 19.6. The number of esters is 2. The number of benzene rings is 2. The Hall–Kier alpha value is -6.68. The summed E-state index contributed by atoms with van der Waals surface area (Å²) in [7, 11) is 0. The Labute approximate surface area is 613 Å². The van der Waals surface area contributed by atoms with Crippen molar-refractivity contribution >= 4 is 47.2 Å². The minimum atomic E-state index is -1.95. The second-order valence-electron chi connectivity index (χ2n) is 23.5. The van der Waals surface area contributed by atoms with E-state index in [-0.39, 0.29) is 205 Å². The number of carboxylic acid groups (broad SMARTS) is 1. The van der Waals surface area contributed by atoms with Gasteiger partial charge in [-0.2, -0.15) is 0 Å². The van der Waals surface area contributed by atoms with Crippen molar-refractivity contribution in [3.8, 4) is 11.5 Å². The number of nitrogens with two attached hydrogens (primary N) is 1. The lowest BCUT2D eigenvalue weighted by Gasteiger charge is -2.38. The highest BCUT2D eigenvalue weighted by atomic mass is 16.7. The van der Waals surface area contributed by atoms with E-state index in [9.17, 15) is 74.1 Å². The Morgan fingerprint density at radius 1 is 0.481 bits per heavy atom. The van der Waals surface area contributed by atoms with Crippen LogP contribution in [0.25, 0.3) is 0 Å². The molecule has 2 aromatic rings. The number of hydrogen-bond donors (Lipinski definition) is 11. The average molecular weight is 1520 g/mol. The number of aliphatic hydroxyl groups is 6. The van der Waals surface area contributed by atoms with Crippen molar-refractivity contribution in [2.45, 2.75) is 127 Å². The predicted octanol–water partition coefficient (Wildman–Crippen LogP) is -2.89. The number of aliphatic carboxylic acids is 1. The number of carboxylic acids is 1. The number of rotatable bonds is 62. The van der Waals surface area contributed by atoms with Crippen molar-refractivity contribution in [2.75, 3.05) is 185 Å². The van der Waals surface area contributed by atoms with Crippen LogP contribution in [0.5, 0.6) is 11.5 Å². The zero-order valence-corrected chi connectivity index (χ0v) is 59.9. The Morgan fingerprint density at radius 3 is 1.33 bits per heavy atom. The van der Waals surface area contributed by atoms with Gasteiger partial charge >= 0.3 is 17.9 Å². The molecule has 0 bridgehead atoms. The van der Waals surface area contributed by atoms with Crippen molar-refractivity contribution in [3.05, 3.63) is 58.7 Å². The first-order valence-electron chi connectivity index (χ1n) is 34.8. The van der Waals surface area contributed by atoms with E-state index in [4.69, 9.17) is 91.2 Å². The first-order valence-corrected chi connectivity index (χ1v) is 34.8. The lowest BCUT2D eigenvalue weighted by atomic mass is 9.99. The molecule has 0 saturated carbocycles. The van der Waals surface area contributed by atoms with Crippen LogP contribution in [-0.2, 0) is 123 Å². The number of ketones is 2. The van der Waals surface area contributed by atoms with Gasteiger partial charge in [-0.15, -0.1) is 0 Å². The van der Waals surface area contributed by atoms with Crippen LogP contribution in [0.15, 0.2) is 36.4 Å². The fourth-order valence-corrected chi connectivity index (χ4v) is 9.54. The summed E-state index contributed by atoms with van der Waals surface area (Å²) >= 11 is 0. The number of Topliss-reactive ketones (excluding diaryl/α,β-unsaturated/α-hetero) is 2. The predicted molar refractivity (Wildman–Crippen MR) is 361 cm³/mol. The molecule has 3 amide bonds. The summed E-state index contributed by atoms with van der Waals surface area (Å²) in [5.41, 5.74) is 0.824. The molecule has 2 heterocycles. The van der Waals surface area contributed by atoms with Crippen molar-refractivity contribution in [3.63, 3.8) is 0 Å². The zero-order valence-electron chi connectivity index (χ0n) is 59.9. The van der Waals surface area contributed by atoms with E-state index in [1.54, 1.807) is 6.07 Å². The molecule has 0 radical (unpaired) electrons. The summed E-state index contributed by atoms with van der Waals surface area (Å²) in [6.45, 7) is 7.62. The topological polar surface area (TPSA) is 516 Å². The smallest absolute Gasteiger partial charge is 0.335 e. The minimum Gasteiger partial charge on any atom is -0.479 e. The lowest BCUT2D eigenvalue weighted by Crippen LogP contribution is -2.61. The first-order chi connectivity index (χ1) is 51.2. The molecule has 38 nitrogen and oxygen atoms in total. The van der Waals surface area contributed by atoms with Crippen LogP contribution < -0.4 is 31.3 Å². The number of aliphatic hydroxyl groups excluding tert-OH is 6. The molecule has 12 N–H and O–H groups in total. The van der Waals surface area contributed by atoms with Gasteiger partial charge in [-0.1, -0.05) is 12.1 Å². The third-order valence-electron chi connectivity index (χ3n) is 15.1. The number of amides is 3. The van der Waals surface area contributed by atoms with E-state index in [2.05, 4.69) is 20.8 Å². The standard InChI is InChI=1S/C68H106N4O34/c1-45(73)100-41-47-7-11-55(104-67-61(82)58(79)54(77)43-102-67)50(39-47)64(84)70-13-17-90-21-25-94-30-34-97-32-28-93-24-20-89-16-4-6-53(76)52(72-57(78)44-99-36-35-98-37-38-103-69)10-9-49(75)5-3-15-88-19-23-92-27-31-96-33-29-95-26-22-91-18-14-71-65(85)51-40-48(42-101-46(2)74)8-12-56(51)105-68-62(83)59(80)60(81)63(106-68)66(86)87/h7-8,11-12,39-40,52,54,58-63,67-68,77,79-83H,3-6,9-10,13-38,41-44,69H2,1-2H3,(H,70,84)(H,71,85)(H,72,78)(H,86,87)/t52-,54-,58+,59+,60+,61-,62-,63+,67+,68-/m1/s1. The molecule has 0 unspecified atom stereocenters. The Kier molecular flexibility index (Phi) is 48.2. The lowest BCUT2D eigenvalue weighted by molar-refractivity contribution is -0.271. The average Bonchev–Trinajstić information content (AvgIpc) is 0.800. The van der Waals surface area contributed by atoms with Crippen LogP contribution >= 0.6 is 0 Å². The van der Waals surface area contributed by atoms with Crippen molar-refractivity contribution in [2.24, 2.45) is 5.90 Å². The van der Waals surface area contributed by atoms with E-state index in [1.807, 2.05) is 0 Å². The van der Waals surface area contributed by atoms with Gasteiger partial charge in [-0.05, 0) is 54.7 Å². The highest BCUT2D eigenvalue weighted by Crippen LogP contribution is 2.29. The van der Waals surface area contributed by atoms with Crippen molar-refractivity contribution in [1.29, 1.82) is 0 Å². The second-order valence-corrected chi connectivity index (χ2v) is 23.5. The number of carbonyl (C=O) groups excluding carboxylic acids is 7. The summed E-state index contributed by atoms with van der Waals surface area (Å²) in [4.78, 5) is 104. The van der Waals surface area contributed by atoms with E-state index in [1.165, 1.54) is 44.2 Å². The highest BCUT2D eigenvalue weighted by molar-refractivity contribution is 5.98. The largest absolute Gasteiger partial charge is 0.479 e. The van der Waals surface area contributed by atoms with Gasteiger partial charge in [-0.3, -0.25) is 33.6 Å². The van der Waals surface area contributed by atoms with Gasteiger partial charge in [0.2, 0.25) is 18.5 Å². The maximum atomic E-state index is 13.3. The molecule has 2 fully saturated rings.